The number of nitrogens with one attached hydrogen (secondary N) is 1. The summed E-state index contributed by atoms with van der Waals surface area (Å²) in [6.45, 7) is 1.60. The van der Waals surface area contributed by atoms with E-state index in [9.17, 15) is 24.1 Å². The van der Waals surface area contributed by atoms with Crippen LogP contribution in [0.25, 0.3) is 0 Å². The van der Waals surface area contributed by atoms with E-state index in [1.165, 1.54) is 40.9 Å². The zero-order chi connectivity index (χ0) is 22.8. The fourth-order valence-electron chi connectivity index (χ4n) is 3.50. The minimum atomic E-state index is -0.529. The van der Waals surface area contributed by atoms with Gasteiger partial charge in [0.05, 0.1) is 16.4 Å². The standard InChI is InChI=1S/C23H18FN3O4S/c1-14-9-10-15(12-20(14)27(30)31)22(29)25-17-6-4-5-16(11-17)23-26(21(28)13-32-23)19-8-3-2-7-18(19)24/h2-12,23H,13H2,1H3,(H,25,29)/t23-/m0/s1. The molecule has 0 radical (unpaired) electrons. The monoisotopic (exact) mass is 451 g/mol. The van der Waals surface area contributed by atoms with Gasteiger partial charge in [0.1, 0.15) is 11.2 Å². The smallest absolute Gasteiger partial charge is 0.273 e. The van der Waals surface area contributed by atoms with Gasteiger partial charge in [0.25, 0.3) is 11.6 Å². The molecular formula is C23H18FN3O4S. The fraction of sp³-hybridized carbons (Fsp3) is 0.130. The summed E-state index contributed by atoms with van der Waals surface area (Å²) >= 11 is 1.37. The summed E-state index contributed by atoms with van der Waals surface area (Å²) < 4.78 is 14.4. The van der Waals surface area contributed by atoms with Crippen molar-refractivity contribution in [3.63, 3.8) is 0 Å². The zero-order valence-corrected chi connectivity index (χ0v) is 17.8. The predicted molar refractivity (Wildman–Crippen MR) is 121 cm³/mol. The van der Waals surface area contributed by atoms with E-state index >= 15 is 0 Å². The molecule has 3 aromatic carbocycles. The van der Waals surface area contributed by atoms with Crippen LogP contribution in [-0.4, -0.2) is 22.5 Å². The molecule has 9 heteroatoms. The van der Waals surface area contributed by atoms with Gasteiger partial charge in [0.15, 0.2) is 0 Å². The molecule has 1 fully saturated rings. The largest absolute Gasteiger partial charge is 0.322 e. The number of nitrogens with zero attached hydrogens (tertiary/aromatic N) is 2. The number of thioether (sulfide) groups is 1. The second-order valence-corrected chi connectivity index (χ2v) is 8.29. The summed E-state index contributed by atoms with van der Waals surface area (Å²) in [5, 5.41) is 13.4. The van der Waals surface area contributed by atoms with Crippen LogP contribution in [0.4, 0.5) is 21.5 Å². The van der Waals surface area contributed by atoms with Gasteiger partial charge in [0, 0.05) is 22.9 Å². The Morgan fingerprint density at radius 1 is 1.16 bits per heavy atom. The van der Waals surface area contributed by atoms with Gasteiger partial charge in [-0.25, -0.2) is 4.39 Å². The van der Waals surface area contributed by atoms with E-state index < -0.39 is 22.0 Å². The van der Waals surface area contributed by atoms with Crippen molar-refractivity contribution < 1.29 is 18.9 Å². The highest BCUT2D eigenvalue weighted by atomic mass is 32.2. The molecule has 162 valence electrons. The van der Waals surface area contributed by atoms with Crippen LogP contribution in [-0.2, 0) is 4.79 Å². The van der Waals surface area contributed by atoms with Crippen LogP contribution >= 0.6 is 11.8 Å². The molecule has 0 aliphatic carbocycles. The van der Waals surface area contributed by atoms with Crippen molar-refractivity contribution >= 4 is 40.6 Å². The molecule has 0 saturated carbocycles. The molecule has 3 aromatic rings. The van der Waals surface area contributed by atoms with Crippen LogP contribution in [0.1, 0.15) is 26.9 Å². The Hall–Kier alpha value is -3.72. The number of aryl methyl sites for hydroxylation is 1. The Morgan fingerprint density at radius 3 is 2.69 bits per heavy atom. The topological polar surface area (TPSA) is 92.6 Å². The van der Waals surface area contributed by atoms with Crippen LogP contribution in [0.3, 0.4) is 0 Å². The Bertz CT molecular complexity index is 1230. The van der Waals surface area contributed by atoms with E-state index in [1.807, 2.05) is 0 Å². The lowest BCUT2D eigenvalue weighted by atomic mass is 10.1. The number of carbonyl (C=O) groups excluding carboxylic acids is 2. The Kier molecular flexibility index (Phi) is 5.91. The second-order valence-electron chi connectivity index (χ2n) is 7.22. The van der Waals surface area contributed by atoms with E-state index in [1.54, 1.807) is 49.4 Å². The predicted octanol–water partition coefficient (Wildman–Crippen LogP) is 5.07. The molecule has 1 heterocycles. The molecule has 7 nitrogen and oxygen atoms in total. The molecule has 1 atom stereocenters. The van der Waals surface area contributed by atoms with E-state index in [0.29, 0.717) is 11.3 Å². The van der Waals surface area contributed by atoms with Gasteiger partial charge >= 0.3 is 0 Å². The number of carbonyl (C=O) groups is 2. The number of nitro benzene ring substituents is 1. The maximum absolute atomic E-state index is 14.4. The molecule has 2 amide bonds. The first-order valence-electron chi connectivity index (χ1n) is 9.69. The third-order valence-corrected chi connectivity index (χ3v) is 6.29. The lowest BCUT2D eigenvalue weighted by Gasteiger charge is -2.25. The molecule has 0 unspecified atom stereocenters. The molecule has 1 aliphatic heterocycles. The Balaban J connectivity index is 1.59. The number of anilines is 2. The van der Waals surface area contributed by atoms with Gasteiger partial charge in [-0.2, -0.15) is 0 Å². The number of halogens is 1. The average molecular weight is 451 g/mol. The van der Waals surface area contributed by atoms with Gasteiger partial charge in [-0.05, 0) is 42.8 Å². The van der Waals surface area contributed by atoms with Crippen molar-refractivity contribution in [2.24, 2.45) is 0 Å². The van der Waals surface area contributed by atoms with Crippen molar-refractivity contribution in [3.05, 3.63) is 99.4 Å². The van der Waals surface area contributed by atoms with Gasteiger partial charge in [-0.1, -0.05) is 30.3 Å². The van der Waals surface area contributed by atoms with Crippen LogP contribution in [0.5, 0.6) is 0 Å². The summed E-state index contributed by atoms with van der Waals surface area (Å²) in [5.74, 6) is -0.973. The lowest BCUT2D eigenvalue weighted by molar-refractivity contribution is -0.385. The quantitative estimate of drug-likeness (QED) is 0.432. The van der Waals surface area contributed by atoms with Crippen molar-refractivity contribution in [1.29, 1.82) is 0 Å². The number of para-hydroxylation sites is 1. The van der Waals surface area contributed by atoms with Gasteiger partial charge in [0.2, 0.25) is 5.91 Å². The highest BCUT2D eigenvalue weighted by Crippen LogP contribution is 2.43. The summed E-state index contributed by atoms with van der Waals surface area (Å²) in [6, 6.07) is 17.3. The van der Waals surface area contributed by atoms with E-state index in [-0.39, 0.29) is 28.6 Å². The van der Waals surface area contributed by atoms with Crippen LogP contribution in [0.2, 0.25) is 0 Å². The average Bonchev–Trinajstić information content (AvgIpc) is 3.15. The minimum Gasteiger partial charge on any atom is -0.322 e. The third-order valence-electron chi connectivity index (χ3n) is 5.08. The van der Waals surface area contributed by atoms with E-state index in [2.05, 4.69) is 5.32 Å². The molecule has 1 aliphatic rings. The number of benzene rings is 3. The number of nitro groups is 1. The van der Waals surface area contributed by atoms with Crippen molar-refractivity contribution in [3.8, 4) is 0 Å². The molecular weight excluding hydrogens is 433 g/mol. The van der Waals surface area contributed by atoms with Gasteiger partial charge in [-0.3, -0.25) is 24.6 Å². The summed E-state index contributed by atoms with van der Waals surface area (Å²) in [6.07, 6.45) is 0. The molecule has 1 N–H and O–H groups in total. The number of hydrogen-bond donors (Lipinski definition) is 1. The summed E-state index contributed by atoms with van der Waals surface area (Å²) in [7, 11) is 0. The Labute approximate surface area is 187 Å². The van der Waals surface area contributed by atoms with E-state index in [4.69, 9.17) is 0 Å². The van der Waals surface area contributed by atoms with Crippen LogP contribution in [0.15, 0.2) is 66.7 Å². The minimum absolute atomic E-state index is 0.132. The SMILES string of the molecule is Cc1ccc(C(=O)Nc2cccc([C@@H]3SCC(=O)N3c3ccccc3F)c2)cc1[N+](=O)[O-]. The lowest BCUT2D eigenvalue weighted by Crippen LogP contribution is -2.28. The summed E-state index contributed by atoms with van der Waals surface area (Å²) in [4.78, 5) is 37.2. The first-order valence-corrected chi connectivity index (χ1v) is 10.7. The molecule has 32 heavy (non-hydrogen) atoms. The van der Waals surface area contributed by atoms with Crippen molar-refractivity contribution in [2.45, 2.75) is 12.3 Å². The normalized spacial score (nSPS) is 15.6. The molecule has 1 saturated heterocycles. The van der Waals surface area contributed by atoms with Crippen LogP contribution < -0.4 is 10.2 Å². The highest BCUT2D eigenvalue weighted by Gasteiger charge is 2.35. The Morgan fingerprint density at radius 2 is 1.94 bits per heavy atom. The zero-order valence-electron chi connectivity index (χ0n) is 16.9. The van der Waals surface area contributed by atoms with Crippen molar-refractivity contribution in [1.82, 2.24) is 0 Å². The maximum Gasteiger partial charge on any atom is 0.273 e. The molecule has 0 bridgehead atoms. The van der Waals surface area contributed by atoms with Crippen molar-refractivity contribution in [2.75, 3.05) is 16.0 Å². The first kappa shape index (κ1) is 21.5. The van der Waals surface area contributed by atoms with Gasteiger partial charge in [-0.15, -0.1) is 11.8 Å². The molecule has 0 spiro atoms. The fourth-order valence-corrected chi connectivity index (χ4v) is 4.66. The first-order chi connectivity index (χ1) is 15.3. The number of amides is 2. The van der Waals surface area contributed by atoms with Gasteiger partial charge < -0.3 is 5.32 Å². The maximum atomic E-state index is 14.4. The second kappa shape index (κ2) is 8.80. The summed E-state index contributed by atoms with van der Waals surface area (Å²) in [5.41, 5.74) is 1.87. The number of hydrogen-bond acceptors (Lipinski definition) is 5. The number of rotatable bonds is 5. The highest BCUT2D eigenvalue weighted by molar-refractivity contribution is 8.00. The van der Waals surface area contributed by atoms with Crippen LogP contribution in [0, 0.1) is 22.9 Å². The third kappa shape index (κ3) is 4.19. The molecule has 0 aromatic heterocycles. The molecule has 4 rings (SSSR count). The van der Waals surface area contributed by atoms with E-state index in [0.717, 1.165) is 5.56 Å².